The van der Waals surface area contributed by atoms with Crippen LogP contribution in [0.25, 0.3) is 0 Å². The van der Waals surface area contributed by atoms with E-state index in [2.05, 4.69) is 10.3 Å². The van der Waals surface area contributed by atoms with Crippen molar-refractivity contribution in [2.75, 3.05) is 13.2 Å². The Morgan fingerprint density at radius 2 is 1.97 bits per heavy atom. The number of nitrogens with two attached hydrogens (primary N) is 1. The van der Waals surface area contributed by atoms with Crippen molar-refractivity contribution in [3.8, 4) is 0 Å². The molecule has 3 N–H and O–H groups in total. The van der Waals surface area contributed by atoms with Gasteiger partial charge in [0, 0.05) is 13.2 Å². The number of nitrogens with zero attached hydrogens (tertiary/aromatic N) is 2. The second kappa shape index (κ2) is 10.8. The molecular weight excluding hydrogens is 388 g/mol. The molecule has 1 aliphatic heterocycles. The predicted octanol–water partition coefficient (Wildman–Crippen LogP) is 2.99. The summed E-state index contributed by atoms with van der Waals surface area (Å²) in [5.74, 6) is -0.00754. The molecule has 0 aromatic heterocycles. The number of guanidine groups is 1. The van der Waals surface area contributed by atoms with Crippen LogP contribution in [0.5, 0.6) is 0 Å². The van der Waals surface area contributed by atoms with Gasteiger partial charge in [-0.1, -0.05) is 30.3 Å². The molecule has 9 nitrogen and oxygen atoms in total. The largest absolute Gasteiger partial charge is 0.445 e. The number of rotatable bonds is 5. The quantitative estimate of drug-likeness (QED) is 0.556. The van der Waals surface area contributed by atoms with Crippen LogP contribution >= 0.6 is 0 Å². The molecule has 1 aromatic carbocycles. The summed E-state index contributed by atoms with van der Waals surface area (Å²) < 4.78 is 16.3. The van der Waals surface area contributed by atoms with Crippen LogP contribution in [0, 0.1) is 0 Å². The van der Waals surface area contributed by atoms with Gasteiger partial charge in [0.15, 0.2) is 6.23 Å². The van der Waals surface area contributed by atoms with Gasteiger partial charge in [-0.15, -0.1) is 4.99 Å². The molecule has 166 valence electrons. The Hall–Kier alpha value is -2.81. The molecule has 0 bridgehead atoms. The van der Waals surface area contributed by atoms with E-state index in [1.165, 1.54) is 0 Å². The standard InChI is InChI=1S/C21H32N4O5/c1-5-28-17-16(23-19(26)29-14-15-10-7-6-8-11-15)12-9-13-25(17)18(22)24-20(27)30-21(2,3)4/h6-8,10-11,16-17H,5,9,12-14H2,1-4H3,(H,23,26)(H2,22,24,27). The summed E-state index contributed by atoms with van der Waals surface area (Å²) in [5, 5.41) is 2.85. The van der Waals surface area contributed by atoms with Gasteiger partial charge in [0.05, 0.1) is 6.04 Å². The molecule has 1 saturated heterocycles. The molecule has 0 radical (unpaired) electrons. The molecule has 2 unspecified atom stereocenters. The summed E-state index contributed by atoms with van der Waals surface area (Å²) in [6.07, 6.45) is -0.469. The van der Waals surface area contributed by atoms with Crippen molar-refractivity contribution in [2.24, 2.45) is 10.7 Å². The van der Waals surface area contributed by atoms with Crippen LogP contribution in [0.1, 0.15) is 46.1 Å². The van der Waals surface area contributed by atoms with Crippen LogP contribution < -0.4 is 11.1 Å². The van der Waals surface area contributed by atoms with Crippen molar-refractivity contribution in [3.63, 3.8) is 0 Å². The summed E-state index contributed by atoms with van der Waals surface area (Å²) in [4.78, 5) is 29.8. The van der Waals surface area contributed by atoms with Gasteiger partial charge in [-0.3, -0.25) is 0 Å². The Kier molecular flexibility index (Phi) is 8.46. The maximum Gasteiger partial charge on any atom is 0.437 e. The Morgan fingerprint density at radius 1 is 1.27 bits per heavy atom. The number of benzene rings is 1. The lowest BCUT2D eigenvalue weighted by molar-refractivity contribution is -0.0618. The number of carbonyl (C=O) groups excluding carboxylic acids is 2. The number of hydrogen-bond acceptors (Lipinski definition) is 5. The van der Waals surface area contributed by atoms with Gasteiger partial charge >= 0.3 is 12.2 Å². The number of alkyl carbamates (subject to hydrolysis) is 1. The molecule has 2 atom stereocenters. The highest BCUT2D eigenvalue weighted by molar-refractivity contribution is 5.89. The highest BCUT2D eigenvalue weighted by Crippen LogP contribution is 2.20. The summed E-state index contributed by atoms with van der Waals surface area (Å²) >= 11 is 0. The summed E-state index contributed by atoms with van der Waals surface area (Å²) in [6, 6.07) is 9.06. The van der Waals surface area contributed by atoms with Crippen molar-refractivity contribution in [1.82, 2.24) is 10.2 Å². The molecule has 30 heavy (non-hydrogen) atoms. The SMILES string of the molecule is CCOC1C(NC(=O)OCc2ccccc2)CCCN1/C(N)=N/C(=O)OC(C)(C)C. The van der Waals surface area contributed by atoms with Crippen molar-refractivity contribution in [1.29, 1.82) is 0 Å². The van der Waals surface area contributed by atoms with E-state index in [0.29, 0.717) is 19.6 Å². The maximum atomic E-state index is 12.3. The Morgan fingerprint density at radius 3 is 2.60 bits per heavy atom. The third kappa shape index (κ3) is 7.55. The van der Waals surface area contributed by atoms with Gasteiger partial charge < -0.3 is 30.2 Å². The Balaban J connectivity index is 2.01. The molecule has 1 aliphatic rings. The van der Waals surface area contributed by atoms with Gasteiger partial charge in [0.1, 0.15) is 12.2 Å². The average molecular weight is 421 g/mol. The van der Waals surface area contributed by atoms with Crippen molar-refractivity contribution < 1.29 is 23.8 Å². The highest BCUT2D eigenvalue weighted by Gasteiger charge is 2.35. The highest BCUT2D eigenvalue weighted by atomic mass is 16.6. The van der Waals surface area contributed by atoms with E-state index in [1.54, 1.807) is 25.7 Å². The van der Waals surface area contributed by atoms with Crippen LogP contribution in [0.2, 0.25) is 0 Å². The minimum absolute atomic E-state index is 0.00754. The Bertz CT molecular complexity index is 733. The second-order valence-corrected chi connectivity index (χ2v) is 7.94. The number of nitrogens with one attached hydrogen (secondary N) is 1. The number of aliphatic imine (C=N–C) groups is 1. The molecule has 0 saturated carbocycles. The normalized spacial score (nSPS) is 19.9. The van der Waals surface area contributed by atoms with Crippen molar-refractivity contribution >= 4 is 18.1 Å². The molecule has 1 aromatic rings. The van der Waals surface area contributed by atoms with Crippen LogP contribution in [-0.4, -0.2) is 54.1 Å². The van der Waals surface area contributed by atoms with Crippen LogP contribution in [0.15, 0.2) is 35.3 Å². The fourth-order valence-electron chi connectivity index (χ4n) is 3.09. The molecule has 0 spiro atoms. The Labute approximate surface area is 177 Å². The first-order valence-corrected chi connectivity index (χ1v) is 10.1. The monoisotopic (exact) mass is 420 g/mol. The van der Waals surface area contributed by atoms with Gasteiger partial charge in [0.25, 0.3) is 0 Å². The maximum absolute atomic E-state index is 12.3. The minimum atomic E-state index is -0.771. The van der Waals surface area contributed by atoms with E-state index in [4.69, 9.17) is 19.9 Å². The number of amides is 2. The third-order valence-electron chi connectivity index (χ3n) is 4.31. The molecule has 1 fully saturated rings. The molecule has 2 rings (SSSR count). The van der Waals surface area contributed by atoms with Gasteiger partial charge in [-0.25, -0.2) is 9.59 Å². The van der Waals surface area contributed by atoms with E-state index in [1.807, 2.05) is 37.3 Å². The first-order chi connectivity index (χ1) is 14.2. The zero-order valence-corrected chi connectivity index (χ0v) is 18.1. The lowest BCUT2D eigenvalue weighted by Gasteiger charge is -2.41. The molecule has 2 amide bonds. The lowest BCUT2D eigenvalue weighted by atomic mass is 10.0. The lowest BCUT2D eigenvalue weighted by Crippen LogP contribution is -2.60. The molecular formula is C21H32N4O5. The van der Waals surface area contributed by atoms with E-state index < -0.39 is 24.0 Å². The number of carbonyl (C=O) groups is 2. The smallest absolute Gasteiger partial charge is 0.437 e. The summed E-state index contributed by atoms with van der Waals surface area (Å²) in [7, 11) is 0. The second-order valence-electron chi connectivity index (χ2n) is 7.94. The molecule has 0 aliphatic carbocycles. The van der Waals surface area contributed by atoms with Gasteiger partial charge in [-0.05, 0) is 46.1 Å². The van der Waals surface area contributed by atoms with Crippen molar-refractivity contribution in [3.05, 3.63) is 35.9 Å². The number of likely N-dealkylation sites (tertiary alicyclic amines) is 1. The topological polar surface area (TPSA) is 115 Å². The predicted molar refractivity (Wildman–Crippen MR) is 113 cm³/mol. The average Bonchev–Trinajstić information content (AvgIpc) is 2.67. The van der Waals surface area contributed by atoms with Gasteiger partial charge in [0.2, 0.25) is 5.96 Å². The molecule has 1 heterocycles. The third-order valence-corrected chi connectivity index (χ3v) is 4.31. The zero-order valence-electron chi connectivity index (χ0n) is 18.1. The van der Waals surface area contributed by atoms with Crippen LogP contribution in [-0.2, 0) is 20.8 Å². The minimum Gasteiger partial charge on any atom is -0.445 e. The van der Waals surface area contributed by atoms with E-state index >= 15 is 0 Å². The van der Waals surface area contributed by atoms with E-state index in [9.17, 15) is 9.59 Å². The number of hydrogen-bond donors (Lipinski definition) is 2. The van der Waals surface area contributed by atoms with E-state index in [0.717, 1.165) is 12.0 Å². The zero-order chi connectivity index (χ0) is 22.1. The fourth-order valence-corrected chi connectivity index (χ4v) is 3.09. The number of piperidine rings is 1. The van der Waals surface area contributed by atoms with Gasteiger partial charge in [-0.2, -0.15) is 0 Å². The van der Waals surface area contributed by atoms with Crippen LogP contribution in [0.3, 0.4) is 0 Å². The van der Waals surface area contributed by atoms with Crippen LogP contribution in [0.4, 0.5) is 9.59 Å². The summed E-state index contributed by atoms with van der Waals surface area (Å²) in [6.45, 7) is 8.21. The fraction of sp³-hybridized carbons (Fsp3) is 0.571. The summed E-state index contributed by atoms with van der Waals surface area (Å²) in [5.41, 5.74) is 6.29. The van der Waals surface area contributed by atoms with E-state index in [-0.39, 0.29) is 18.6 Å². The first kappa shape index (κ1) is 23.5. The van der Waals surface area contributed by atoms with Crippen molar-refractivity contribution in [2.45, 2.75) is 65.0 Å². The first-order valence-electron chi connectivity index (χ1n) is 10.1. The molecule has 9 heteroatoms. The number of ether oxygens (including phenoxy) is 3.